The number of hydrogen-bond acceptors (Lipinski definition) is 11. The topological polar surface area (TPSA) is 197 Å². The molecule has 0 saturated heterocycles. The van der Waals surface area contributed by atoms with E-state index >= 15 is 0 Å². The number of rotatable bonds is 3. The Bertz CT molecular complexity index is 889. The summed E-state index contributed by atoms with van der Waals surface area (Å²) in [5, 5.41) is 42.6. The van der Waals surface area contributed by atoms with Crippen LogP contribution in [0.4, 0.5) is 5.95 Å². The van der Waals surface area contributed by atoms with Crippen LogP contribution in [0.3, 0.4) is 0 Å². The quantitative estimate of drug-likeness (QED) is 0.535. The largest absolute Gasteiger partial charge is 0.368 e. The first-order valence-electron chi connectivity index (χ1n) is 5.70. The van der Waals surface area contributed by atoms with E-state index in [4.69, 9.17) is 16.3 Å². The number of nitrogens with zero attached hydrogens (tertiary/aromatic N) is 11. The highest BCUT2D eigenvalue weighted by molar-refractivity contribution is 5.28. The van der Waals surface area contributed by atoms with Gasteiger partial charge in [0.05, 0.1) is 6.42 Å². The molecule has 3 aromatic rings. The van der Waals surface area contributed by atoms with Crippen molar-refractivity contribution in [3.63, 3.8) is 0 Å². The van der Waals surface area contributed by atoms with Crippen LogP contribution in [-0.4, -0.2) is 50.3 Å². The van der Waals surface area contributed by atoms with E-state index in [-0.39, 0.29) is 35.8 Å². The third kappa shape index (κ3) is 2.37. The molecule has 0 unspecified atom stereocenters. The van der Waals surface area contributed by atoms with Crippen LogP contribution in [0.15, 0.2) is 0 Å². The van der Waals surface area contributed by atoms with Crippen molar-refractivity contribution in [2.24, 2.45) is 0 Å². The number of aromatic nitrogens is 10. The van der Waals surface area contributed by atoms with Crippen molar-refractivity contribution in [2.45, 2.75) is 6.42 Å². The second-order valence-electron chi connectivity index (χ2n) is 3.83. The number of hydrogen-bond donors (Lipinski definition) is 2. The predicted octanol–water partition coefficient (Wildman–Crippen LogP) is -2.12. The number of nitrogens with two attached hydrogens (primary N) is 1. The highest BCUT2D eigenvalue weighted by atomic mass is 15.5. The normalized spacial score (nSPS) is 10.1. The molecule has 0 aliphatic heterocycles. The summed E-state index contributed by atoms with van der Waals surface area (Å²) >= 11 is 0. The number of nitrogen functional groups attached to an aromatic ring is 1. The van der Waals surface area contributed by atoms with Crippen molar-refractivity contribution >= 4 is 5.95 Å². The zero-order valence-corrected chi connectivity index (χ0v) is 10.7. The summed E-state index contributed by atoms with van der Waals surface area (Å²) in [6, 6.07) is 3.54. The van der Waals surface area contributed by atoms with Gasteiger partial charge in [0.15, 0.2) is 5.82 Å². The molecule has 0 atom stereocenters. The van der Waals surface area contributed by atoms with E-state index < -0.39 is 0 Å². The Kier molecular flexibility index (Phi) is 3.06. The van der Waals surface area contributed by atoms with Crippen LogP contribution < -0.4 is 5.73 Å². The third-order valence-electron chi connectivity index (χ3n) is 2.39. The van der Waals surface area contributed by atoms with E-state index in [1.165, 1.54) is 0 Å². The Labute approximate surface area is 121 Å². The maximum absolute atomic E-state index is 8.70. The van der Waals surface area contributed by atoms with Gasteiger partial charge in [-0.25, -0.2) is 4.98 Å². The van der Waals surface area contributed by atoms with Crippen molar-refractivity contribution in [1.29, 1.82) is 10.5 Å². The molecule has 0 aliphatic rings. The van der Waals surface area contributed by atoms with Gasteiger partial charge in [0, 0.05) is 0 Å². The average molecular weight is 295 g/mol. The molecule has 3 N–H and O–H groups in total. The molecular formula is C9H5N13. The van der Waals surface area contributed by atoms with Gasteiger partial charge in [0.2, 0.25) is 5.95 Å². The van der Waals surface area contributed by atoms with Crippen LogP contribution in [0.5, 0.6) is 0 Å². The van der Waals surface area contributed by atoms with Gasteiger partial charge in [-0.3, -0.25) is 5.10 Å². The highest BCUT2D eigenvalue weighted by Gasteiger charge is 2.13. The first kappa shape index (κ1) is 13.0. The average Bonchev–Trinajstić information content (AvgIpc) is 3.14. The second kappa shape index (κ2) is 5.17. The van der Waals surface area contributed by atoms with E-state index in [1.54, 1.807) is 12.1 Å². The zero-order chi connectivity index (χ0) is 15.5. The van der Waals surface area contributed by atoms with Gasteiger partial charge in [-0.15, -0.1) is 30.6 Å². The fourth-order valence-corrected chi connectivity index (χ4v) is 1.49. The van der Waals surface area contributed by atoms with Crippen molar-refractivity contribution in [2.75, 3.05) is 5.73 Å². The summed E-state index contributed by atoms with van der Waals surface area (Å²) in [6.07, 6.45) is 0.172. The predicted molar refractivity (Wildman–Crippen MR) is 65.6 cm³/mol. The van der Waals surface area contributed by atoms with Crippen LogP contribution in [0.25, 0.3) is 5.95 Å². The SMILES string of the molecule is N#Cc1n[nH]c(Cc2nnc(-n3nc(C#N)nc3N)nn2)n1. The van der Waals surface area contributed by atoms with Gasteiger partial charge < -0.3 is 5.73 Å². The molecule has 0 aromatic carbocycles. The van der Waals surface area contributed by atoms with Crippen LogP contribution in [0, 0.1) is 22.7 Å². The van der Waals surface area contributed by atoms with E-state index in [0.717, 1.165) is 4.68 Å². The summed E-state index contributed by atoms with van der Waals surface area (Å²) in [6.45, 7) is 0. The molecular weight excluding hydrogens is 290 g/mol. The zero-order valence-electron chi connectivity index (χ0n) is 10.7. The van der Waals surface area contributed by atoms with Crippen molar-refractivity contribution in [3.05, 3.63) is 23.3 Å². The van der Waals surface area contributed by atoms with Crippen molar-refractivity contribution in [3.8, 4) is 18.1 Å². The maximum atomic E-state index is 8.70. The summed E-state index contributed by atoms with van der Waals surface area (Å²) in [4.78, 5) is 7.57. The van der Waals surface area contributed by atoms with Gasteiger partial charge in [-0.2, -0.15) is 20.2 Å². The lowest BCUT2D eigenvalue weighted by atomic mass is 10.4. The van der Waals surface area contributed by atoms with Gasteiger partial charge in [0.25, 0.3) is 17.6 Å². The molecule has 3 aromatic heterocycles. The molecule has 13 heteroatoms. The smallest absolute Gasteiger partial charge is 0.292 e. The second-order valence-corrected chi connectivity index (χ2v) is 3.83. The van der Waals surface area contributed by atoms with Crippen LogP contribution in [0.2, 0.25) is 0 Å². The number of aromatic amines is 1. The molecule has 0 aliphatic carbocycles. The molecule has 0 fully saturated rings. The third-order valence-corrected chi connectivity index (χ3v) is 2.39. The lowest BCUT2D eigenvalue weighted by Gasteiger charge is -1.99. The summed E-state index contributed by atoms with van der Waals surface area (Å²) in [5.74, 6) is 0.485. The van der Waals surface area contributed by atoms with Crippen LogP contribution >= 0.6 is 0 Å². The van der Waals surface area contributed by atoms with Gasteiger partial charge in [-0.1, -0.05) is 0 Å². The summed E-state index contributed by atoms with van der Waals surface area (Å²) in [5.41, 5.74) is 5.58. The van der Waals surface area contributed by atoms with E-state index in [9.17, 15) is 0 Å². The summed E-state index contributed by atoms with van der Waals surface area (Å²) < 4.78 is 1.05. The van der Waals surface area contributed by atoms with E-state index in [0.29, 0.717) is 5.82 Å². The standard InChI is InChI=1S/C9H5N13/c10-2-6-13-4(15-18-6)1-5-16-19-9(20-17-5)22-8(12)14-7(3-11)21-22/h1H2,(H2,12,14,21)(H,13,15,18). The maximum Gasteiger partial charge on any atom is 0.292 e. The number of H-pyrrole nitrogens is 1. The number of nitrogens with one attached hydrogen (secondary N) is 1. The van der Waals surface area contributed by atoms with E-state index in [1.807, 2.05) is 0 Å². The molecule has 0 saturated carbocycles. The Morgan fingerprint density at radius 2 is 1.77 bits per heavy atom. The van der Waals surface area contributed by atoms with Crippen LogP contribution in [0.1, 0.15) is 23.3 Å². The monoisotopic (exact) mass is 295 g/mol. The summed E-state index contributed by atoms with van der Waals surface area (Å²) in [7, 11) is 0. The Morgan fingerprint density at radius 1 is 1.05 bits per heavy atom. The number of nitriles is 2. The molecule has 0 amide bonds. The highest BCUT2D eigenvalue weighted by Crippen LogP contribution is 2.05. The fraction of sp³-hybridized carbons (Fsp3) is 0.111. The Hall–Kier alpha value is -4.00. The van der Waals surface area contributed by atoms with Crippen molar-refractivity contribution < 1.29 is 0 Å². The first-order valence-corrected chi connectivity index (χ1v) is 5.70. The fourth-order valence-electron chi connectivity index (χ4n) is 1.49. The van der Waals surface area contributed by atoms with Crippen molar-refractivity contribution in [1.82, 2.24) is 50.3 Å². The van der Waals surface area contributed by atoms with Gasteiger partial charge >= 0.3 is 0 Å². The molecule has 3 rings (SSSR count). The Morgan fingerprint density at radius 3 is 2.36 bits per heavy atom. The minimum Gasteiger partial charge on any atom is -0.368 e. The molecule has 0 spiro atoms. The Balaban J connectivity index is 1.82. The molecule has 3 heterocycles. The minimum atomic E-state index is -0.115. The van der Waals surface area contributed by atoms with Gasteiger partial charge in [-0.05, 0) is 0 Å². The van der Waals surface area contributed by atoms with Gasteiger partial charge in [0.1, 0.15) is 18.0 Å². The molecule has 22 heavy (non-hydrogen) atoms. The van der Waals surface area contributed by atoms with Crippen LogP contribution in [-0.2, 0) is 6.42 Å². The minimum absolute atomic E-state index is 0.0203. The molecule has 13 nitrogen and oxygen atoms in total. The van der Waals surface area contributed by atoms with E-state index in [2.05, 4.69) is 45.7 Å². The number of anilines is 1. The lowest BCUT2D eigenvalue weighted by molar-refractivity contribution is 0.694. The molecule has 106 valence electrons. The lowest BCUT2D eigenvalue weighted by Crippen LogP contribution is -2.12. The first-order chi connectivity index (χ1) is 10.7. The molecule has 0 radical (unpaired) electrons. The molecule has 0 bridgehead atoms.